The quantitative estimate of drug-likeness (QED) is 0.778. The van der Waals surface area contributed by atoms with Crippen LogP contribution >= 0.6 is 11.6 Å². The van der Waals surface area contributed by atoms with E-state index in [0.29, 0.717) is 22.2 Å². The van der Waals surface area contributed by atoms with Crippen molar-refractivity contribution in [3.63, 3.8) is 0 Å². The third-order valence-corrected chi connectivity index (χ3v) is 3.97. The predicted octanol–water partition coefficient (Wildman–Crippen LogP) is 2.96. The van der Waals surface area contributed by atoms with Crippen LogP contribution in [0.25, 0.3) is 0 Å². The van der Waals surface area contributed by atoms with Crippen LogP contribution < -0.4 is 20.1 Å². The summed E-state index contributed by atoms with van der Waals surface area (Å²) in [5.41, 5.74) is 2.27. The monoisotopic (exact) mass is 376 g/mol. The van der Waals surface area contributed by atoms with Gasteiger partial charge in [-0.05, 0) is 42.3 Å². The molecular weight excluding hydrogens is 356 g/mol. The van der Waals surface area contributed by atoms with Crippen molar-refractivity contribution in [2.45, 2.75) is 13.3 Å². The van der Waals surface area contributed by atoms with Gasteiger partial charge in [-0.25, -0.2) is 0 Å². The average molecular weight is 377 g/mol. The van der Waals surface area contributed by atoms with Crippen molar-refractivity contribution in [3.05, 3.63) is 52.5 Å². The minimum atomic E-state index is -0.323. The van der Waals surface area contributed by atoms with Crippen LogP contribution in [0.15, 0.2) is 36.4 Å². The van der Waals surface area contributed by atoms with E-state index < -0.39 is 0 Å². The summed E-state index contributed by atoms with van der Waals surface area (Å²) < 4.78 is 10.4. The zero-order valence-corrected chi connectivity index (χ0v) is 15.6. The van der Waals surface area contributed by atoms with Gasteiger partial charge in [0.25, 0.3) is 0 Å². The summed E-state index contributed by atoms with van der Waals surface area (Å²) in [5, 5.41) is 5.86. The van der Waals surface area contributed by atoms with Gasteiger partial charge >= 0.3 is 0 Å². The standard InChI is InChI=1S/C19H21ClN2O4/c1-12-4-6-14(20)10-15(12)22-19(24)11-21-18(23)9-13-5-7-16(25-2)17(8-13)26-3/h4-8,10H,9,11H2,1-3H3,(H,21,23)(H,22,24). The number of anilines is 1. The number of hydrogen-bond acceptors (Lipinski definition) is 4. The molecule has 0 aliphatic carbocycles. The fourth-order valence-electron chi connectivity index (χ4n) is 2.34. The van der Waals surface area contributed by atoms with Crippen molar-refractivity contribution in [2.75, 3.05) is 26.1 Å². The van der Waals surface area contributed by atoms with Crippen molar-refractivity contribution >= 4 is 29.1 Å². The van der Waals surface area contributed by atoms with E-state index in [2.05, 4.69) is 10.6 Å². The predicted molar refractivity (Wildman–Crippen MR) is 101 cm³/mol. The molecule has 0 bridgehead atoms. The van der Waals surface area contributed by atoms with Gasteiger partial charge in [0.2, 0.25) is 11.8 Å². The molecule has 26 heavy (non-hydrogen) atoms. The molecule has 0 fully saturated rings. The van der Waals surface area contributed by atoms with Crippen molar-refractivity contribution in [1.29, 1.82) is 0 Å². The van der Waals surface area contributed by atoms with E-state index >= 15 is 0 Å². The van der Waals surface area contributed by atoms with Crippen LogP contribution in [0.1, 0.15) is 11.1 Å². The molecule has 2 aromatic carbocycles. The zero-order chi connectivity index (χ0) is 19.1. The second kappa shape index (κ2) is 9.10. The number of hydrogen-bond donors (Lipinski definition) is 2. The molecule has 0 unspecified atom stereocenters. The van der Waals surface area contributed by atoms with Crippen LogP contribution in [0.3, 0.4) is 0 Å². The molecule has 0 spiro atoms. The van der Waals surface area contributed by atoms with Crippen LogP contribution in [0.5, 0.6) is 11.5 Å². The fourth-order valence-corrected chi connectivity index (χ4v) is 2.51. The lowest BCUT2D eigenvalue weighted by Gasteiger charge is -2.11. The Morgan fingerprint density at radius 3 is 2.42 bits per heavy atom. The van der Waals surface area contributed by atoms with Crippen molar-refractivity contribution < 1.29 is 19.1 Å². The van der Waals surface area contributed by atoms with Gasteiger partial charge in [0.1, 0.15) is 0 Å². The first-order valence-electron chi connectivity index (χ1n) is 7.96. The minimum absolute atomic E-state index is 0.127. The van der Waals surface area contributed by atoms with E-state index in [0.717, 1.165) is 11.1 Å². The molecule has 138 valence electrons. The lowest BCUT2D eigenvalue weighted by Crippen LogP contribution is -2.33. The Kier molecular flexibility index (Phi) is 6.86. The van der Waals surface area contributed by atoms with Crippen molar-refractivity contribution in [3.8, 4) is 11.5 Å². The molecule has 2 N–H and O–H groups in total. The third kappa shape index (κ3) is 5.39. The maximum Gasteiger partial charge on any atom is 0.243 e. The smallest absolute Gasteiger partial charge is 0.243 e. The maximum atomic E-state index is 12.1. The molecule has 6 nitrogen and oxygen atoms in total. The van der Waals surface area contributed by atoms with Gasteiger partial charge < -0.3 is 20.1 Å². The van der Waals surface area contributed by atoms with Crippen LogP contribution in [0, 0.1) is 6.92 Å². The summed E-state index contributed by atoms with van der Waals surface area (Å²) in [7, 11) is 3.08. The Labute approximate surface area is 157 Å². The van der Waals surface area contributed by atoms with Crippen LogP contribution in [0.2, 0.25) is 5.02 Å². The number of rotatable bonds is 7. The number of methoxy groups -OCH3 is 2. The molecule has 0 saturated heterocycles. The van der Waals surface area contributed by atoms with Gasteiger partial charge in [-0.2, -0.15) is 0 Å². The van der Waals surface area contributed by atoms with E-state index in [1.165, 1.54) is 7.11 Å². The van der Waals surface area contributed by atoms with Crippen molar-refractivity contribution in [2.24, 2.45) is 0 Å². The van der Waals surface area contributed by atoms with Gasteiger partial charge in [-0.1, -0.05) is 23.7 Å². The number of ether oxygens (including phenoxy) is 2. The maximum absolute atomic E-state index is 12.1. The van der Waals surface area contributed by atoms with Gasteiger partial charge in [-0.15, -0.1) is 0 Å². The lowest BCUT2D eigenvalue weighted by atomic mass is 10.1. The molecule has 0 atom stereocenters. The van der Waals surface area contributed by atoms with E-state index in [1.807, 2.05) is 13.0 Å². The first-order valence-corrected chi connectivity index (χ1v) is 8.34. The summed E-state index contributed by atoms with van der Waals surface area (Å²) in [4.78, 5) is 24.1. The van der Waals surface area contributed by atoms with E-state index in [1.54, 1.807) is 37.4 Å². The Balaban J connectivity index is 1.88. The highest BCUT2D eigenvalue weighted by Crippen LogP contribution is 2.27. The Morgan fingerprint density at radius 2 is 1.73 bits per heavy atom. The van der Waals surface area contributed by atoms with Crippen LogP contribution in [0.4, 0.5) is 5.69 Å². The molecule has 0 radical (unpaired) electrons. The molecule has 2 rings (SSSR count). The second-order valence-corrected chi connectivity index (χ2v) is 6.09. The van der Waals surface area contributed by atoms with Gasteiger partial charge in [0.15, 0.2) is 11.5 Å². The first-order chi connectivity index (χ1) is 12.4. The SMILES string of the molecule is COc1ccc(CC(=O)NCC(=O)Nc2cc(Cl)ccc2C)cc1OC. The number of halogens is 1. The fraction of sp³-hybridized carbons (Fsp3) is 0.263. The topological polar surface area (TPSA) is 76.7 Å². The van der Waals surface area contributed by atoms with E-state index in [9.17, 15) is 9.59 Å². The average Bonchev–Trinajstić information content (AvgIpc) is 2.63. The highest BCUT2D eigenvalue weighted by molar-refractivity contribution is 6.31. The number of amides is 2. The minimum Gasteiger partial charge on any atom is -0.493 e. The van der Waals surface area contributed by atoms with E-state index in [4.69, 9.17) is 21.1 Å². The number of nitrogens with one attached hydrogen (secondary N) is 2. The largest absolute Gasteiger partial charge is 0.493 e. The van der Waals surface area contributed by atoms with Crippen molar-refractivity contribution in [1.82, 2.24) is 5.32 Å². The van der Waals surface area contributed by atoms with E-state index in [-0.39, 0.29) is 24.8 Å². The Hall–Kier alpha value is -2.73. The Bertz CT molecular complexity index is 808. The molecule has 0 heterocycles. The van der Waals surface area contributed by atoms with Gasteiger partial charge in [0, 0.05) is 10.7 Å². The summed E-state index contributed by atoms with van der Waals surface area (Å²) in [6.45, 7) is 1.74. The summed E-state index contributed by atoms with van der Waals surface area (Å²) in [5.74, 6) is 0.547. The molecule has 0 aliphatic heterocycles. The molecule has 0 saturated carbocycles. The molecule has 0 aliphatic rings. The van der Waals surface area contributed by atoms with Gasteiger partial charge in [0.05, 0.1) is 27.2 Å². The van der Waals surface area contributed by atoms with Crippen LogP contribution in [-0.2, 0) is 16.0 Å². The summed E-state index contributed by atoms with van der Waals surface area (Å²) in [6.07, 6.45) is 0.129. The number of carbonyl (C=O) groups excluding carboxylic acids is 2. The summed E-state index contributed by atoms with van der Waals surface area (Å²) >= 11 is 5.92. The summed E-state index contributed by atoms with van der Waals surface area (Å²) in [6, 6.07) is 10.5. The number of aryl methyl sites for hydroxylation is 1. The van der Waals surface area contributed by atoms with Crippen LogP contribution in [-0.4, -0.2) is 32.6 Å². The normalized spacial score (nSPS) is 10.2. The Morgan fingerprint density at radius 1 is 1.00 bits per heavy atom. The third-order valence-electron chi connectivity index (χ3n) is 3.73. The molecular formula is C19H21ClN2O4. The first kappa shape index (κ1) is 19.6. The highest BCUT2D eigenvalue weighted by atomic mass is 35.5. The molecule has 2 aromatic rings. The number of benzene rings is 2. The lowest BCUT2D eigenvalue weighted by molar-refractivity contribution is -0.123. The zero-order valence-electron chi connectivity index (χ0n) is 14.9. The highest BCUT2D eigenvalue weighted by Gasteiger charge is 2.10. The second-order valence-electron chi connectivity index (χ2n) is 5.65. The molecule has 2 amide bonds. The molecule has 0 aromatic heterocycles. The number of carbonyl (C=O) groups is 2. The molecule has 7 heteroatoms. The van der Waals surface area contributed by atoms with Gasteiger partial charge in [-0.3, -0.25) is 9.59 Å².